The molecule has 0 aromatic heterocycles. The van der Waals surface area contributed by atoms with Gasteiger partial charge in [-0.25, -0.2) is 0 Å². The van der Waals surface area contributed by atoms with Crippen LogP contribution in [0.3, 0.4) is 0 Å². The molecule has 0 radical (unpaired) electrons. The van der Waals surface area contributed by atoms with Gasteiger partial charge in [-0.3, -0.25) is 4.79 Å². The molecule has 0 unspecified atom stereocenters. The van der Waals surface area contributed by atoms with Crippen LogP contribution in [0, 0.1) is 0 Å². The quantitative estimate of drug-likeness (QED) is 0.836. The zero-order valence-electron chi connectivity index (χ0n) is 10.1. The van der Waals surface area contributed by atoms with Gasteiger partial charge in [0.25, 0.3) is 0 Å². The minimum absolute atomic E-state index is 0.357. The summed E-state index contributed by atoms with van der Waals surface area (Å²) in [4.78, 5) is 11.1. The maximum absolute atomic E-state index is 11.1. The van der Waals surface area contributed by atoms with E-state index in [1.165, 1.54) is 32.1 Å². The molecule has 2 rings (SSSR count). The number of rotatable bonds is 4. The lowest BCUT2D eigenvalue weighted by atomic mass is 9.95. The van der Waals surface area contributed by atoms with Crippen LogP contribution >= 0.6 is 0 Å². The van der Waals surface area contributed by atoms with Crippen LogP contribution in [-0.4, -0.2) is 11.9 Å². The van der Waals surface area contributed by atoms with Crippen LogP contribution in [0.1, 0.15) is 48.0 Å². The third kappa shape index (κ3) is 3.56. The number of amides is 1. The molecule has 1 aliphatic rings. The van der Waals surface area contributed by atoms with E-state index in [9.17, 15) is 4.79 Å². The Bertz CT molecular complexity index is 384. The van der Waals surface area contributed by atoms with Crippen LogP contribution in [0.15, 0.2) is 24.3 Å². The van der Waals surface area contributed by atoms with Gasteiger partial charge in [0.1, 0.15) is 0 Å². The van der Waals surface area contributed by atoms with Gasteiger partial charge < -0.3 is 11.1 Å². The summed E-state index contributed by atoms with van der Waals surface area (Å²) in [5.41, 5.74) is 6.98. The first-order valence-electron chi connectivity index (χ1n) is 6.38. The summed E-state index contributed by atoms with van der Waals surface area (Å²) in [5.74, 6) is -0.357. The van der Waals surface area contributed by atoms with E-state index in [4.69, 9.17) is 5.73 Å². The van der Waals surface area contributed by atoms with Crippen LogP contribution in [-0.2, 0) is 6.54 Å². The molecule has 1 aromatic carbocycles. The number of primary amides is 1. The lowest BCUT2D eigenvalue weighted by molar-refractivity contribution is 0.1000. The molecular weight excluding hydrogens is 212 g/mol. The largest absolute Gasteiger partial charge is 0.366 e. The summed E-state index contributed by atoms with van der Waals surface area (Å²) in [5, 5.41) is 3.55. The number of carbonyl (C=O) groups excluding carboxylic acids is 1. The van der Waals surface area contributed by atoms with E-state index in [1.54, 1.807) is 6.07 Å². The van der Waals surface area contributed by atoms with E-state index in [0.29, 0.717) is 11.6 Å². The first-order valence-corrected chi connectivity index (χ1v) is 6.38. The monoisotopic (exact) mass is 232 g/mol. The Kier molecular flexibility index (Phi) is 4.15. The molecule has 3 N–H and O–H groups in total. The summed E-state index contributed by atoms with van der Waals surface area (Å²) in [6, 6.07) is 8.19. The Morgan fingerprint density at radius 1 is 1.29 bits per heavy atom. The van der Waals surface area contributed by atoms with E-state index in [2.05, 4.69) is 5.32 Å². The fourth-order valence-corrected chi connectivity index (χ4v) is 2.40. The molecule has 0 saturated heterocycles. The number of nitrogens with one attached hydrogen (secondary N) is 1. The summed E-state index contributed by atoms with van der Waals surface area (Å²) < 4.78 is 0. The SMILES string of the molecule is NC(=O)c1cccc(CNC2CCCCC2)c1. The molecule has 0 bridgehead atoms. The maximum Gasteiger partial charge on any atom is 0.248 e. The van der Waals surface area contributed by atoms with Gasteiger partial charge in [0.05, 0.1) is 0 Å². The molecule has 92 valence electrons. The number of hydrogen-bond acceptors (Lipinski definition) is 2. The van der Waals surface area contributed by atoms with Crippen LogP contribution in [0.5, 0.6) is 0 Å². The highest BCUT2D eigenvalue weighted by Gasteiger charge is 2.12. The Morgan fingerprint density at radius 3 is 2.76 bits per heavy atom. The minimum Gasteiger partial charge on any atom is -0.366 e. The molecule has 3 heteroatoms. The van der Waals surface area contributed by atoms with Crippen molar-refractivity contribution in [3.63, 3.8) is 0 Å². The second-order valence-electron chi connectivity index (χ2n) is 4.78. The molecule has 0 heterocycles. The van der Waals surface area contributed by atoms with E-state index in [-0.39, 0.29) is 5.91 Å². The number of hydrogen-bond donors (Lipinski definition) is 2. The maximum atomic E-state index is 11.1. The van der Waals surface area contributed by atoms with Crippen LogP contribution in [0.25, 0.3) is 0 Å². The molecule has 1 saturated carbocycles. The van der Waals surface area contributed by atoms with Crippen molar-refractivity contribution in [1.82, 2.24) is 5.32 Å². The highest BCUT2D eigenvalue weighted by atomic mass is 16.1. The molecule has 0 atom stereocenters. The van der Waals surface area contributed by atoms with Crippen molar-refractivity contribution in [3.05, 3.63) is 35.4 Å². The van der Waals surface area contributed by atoms with Crippen molar-refractivity contribution >= 4 is 5.91 Å². The van der Waals surface area contributed by atoms with Gasteiger partial charge in [0.2, 0.25) is 5.91 Å². The average Bonchev–Trinajstić information content (AvgIpc) is 2.38. The van der Waals surface area contributed by atoms with Crippen LogP contribution in [0.2, 0.25) is 0 Å². The molecule has 1 aromatic rings. The zero-order chi connectivity index (χ0) is 12.1. The molecule has 0 spiro atoms. The second-order valence-corrected chi connectivity index (χ2v) is 4.78. The highest BCUT2D eigenvalue weighted by Crippen LogP contribution is 2.17. The predicted octanol–water partition coefficient (Wildman–Crippen LogP) is 2.21. The smallest absolute Gasteiger partial charge is 0.248 e. The number of carbonyl (C=O) groups is 1. The topological polar surface area (TPSA) is 55.1 Å². The lowest BCUT2D eigenvalue weighted by Gasteiger charge is -2.22. The summed E-state index contributed by atoms with van der Waals surface area (Å²) >= 11 is 0. The van der Waals surface area contributed by atoms with Crippen molar-refractivity contribution in [2.45, 2.75) is 44.7 Å². The molecule has 1 fully saturated rings. The zero-order valence-corrected chi connectivity index (χ0v) is 10.1. The minimum atomic E-state index is -0.357. The van der Waals surface area contributed by atoms with Gasteiger partial charge in [-0.05, 0) is 30.5 Å². The molecule has 17 heavy (non-hydrogen) atoms. The molecule has 1 aliphatic carbocycles. The van der Waals surface area contributed by atoms with E-state index >= 15 is 0 Å². The van der Waals surface area contributed by atoms with E-state index in [0.717, 1.165) is 12.1 Å². The van der Waals surface area contributed by atoms with Crippen LogP contribution < -0.4 is 11.1 Å². The third-order valence-electron chi connectivity index (χ3n) is 3.41. The third-order valence-corrected chi connectivity index (χ3v) is 3.41. The molecule has 0 aliphatic heterocycles. The van der Waals surface area contributed by atoms with Gasteiger partial charge >= 0.3 is 0 Å². The van der Waals surface area contributed by atoms with Crippen LogP contribution in [0.4, 0.5) is 0 Å². The normalized spacial score (nSPS) is 16.9. The van der Waals surface area contributed by atoms with Gasteiger partial charge in [-0.15, -0.1) is 0 Å². The molecule has 1 amide bonds. The van der Waals surface area contributed by atoms with Crippen molar-refractivity contribution in [2.75, 3.05) is 0 Å². The fourth-order valence-electron chi connectivity index (χ4n) is 2.40. The average molecular weight is 232 g/mol. The molecular formula is C14H20N2O. The summed E-state index contributed by atoms with van der Waals surface area (Å²) in [6.45, 7) is 0.825. The fraction of sp³-hybridized carbons (Fsp3) is 0.500. The predicted molar refractivity (Wildman–Crippen MR) is 68.7 cm³/mol. The van der Waals surface area contributed by atoms with Gasteiger partial charge in [0.15, 0.2) is 0 Å². The number of nitrogens with two attached hydrogens (primary N) is 1. The van der Waals surface area contributed by atoms with Gasteiger partial charge in [0, 0.05) is 18.2 Å². The van der Waals surface area contributed by atoms with Crippen molar-refractivity contribution < 1.29 is 4.79 Å². The standard InChI is InChI=1S/C14H20N2O/c15-14(17)12-6-4-5-11(9-12)10-16-13-7-2-1-3-8-13/h4-6,9,13,16H,1-3,7-8,10H2,(H2,15,17). The van der Waals surface area contributed by atoms with E-state index in [1.807, 2.05) is 18.2 Å². The Morgan fingerprint density at radius 2 is 2.06 bits per heavy atom. The van der Waals surface area contributed by atoms with Crippen molar-refractivity contribution in [2.24, 2.45) is 5.73 Å². The van der Waals surface area contributed by atoms with Gasteiger partial charge in [-0.1, -0.05) is 31.4 Å². The second kappa shape index (κ2) is 5.82. The van der Waals surface area contributed by atoms with Gasteiger partial charge in [-0.2, -0.15) is 0 Å². The Labute approximate surface area is 102 Å². The first kappa shape index (κ1) is 12.1. The summed E-state index contributed by atoms with van der Waals surface area (Å²) in [6.07, 6.45) is 6.58. The Balaban J connectivity index is 1.89. The lowest BCUT2D eigenvalue weighted by Crippen LogP contribution is -2.30. The first-order chi connectivity index (χ1) is 8.25. The molecule has 3 nitrogen and oxygen atoms in total. The summed E-state index contributed by atoms with van der Waals surface area (Å²) in [7, 11) is 0. The van der Waals surface area contributed by atoms with Crippen molar-refractivity contribution in [1.29, 1.82) is 0 Å². The van der Waals surface area contributed by atoms with E-state index < -0.39 is 0 Å². The Hall–Kier alpha value is -1.35. The highest BCUT2D eigenvalue weighted by molar-refractivity contribution is 5.92. The number of benzene rings is 1. The van der Waals surface area contributed by atoms with Crippen molar-refractivity contribution in [3.8, 4) is 0 Å².